The molecule has 1 N–H and O–H groups in total. The van der Waals surface area contributed by atoms with E-state index in [9.17, 15) is 9.59 Å². The largest absolute Gasteiger partial charge is 0.344 e. The molecule has 0 aliphatic carbocycles. The van der Waals surface area contributed by atoms with E-state index in [1.807, 2.05) is 57.4 Å². The number of aromatic nitrogens is 6. The average Bonchev–Trinajstić information content (AvgIpc) is 3.42. The van der Waals surface area contributed by atoms with Gasteiger partial charge in [0.25, 0.3) is 11.1 Å². The second-order valence-electron chi connectivity index (χ2n) is 9.82. The highest BCUT2D eigenvalue weighted by molar-refractivity contribution is 5.81. The molecule has 0 aromatic carbocycles. The maximum atomic E-state index is 13.6. The lowest BCUT2D eigenvalue weighted by Crippen LogP contribution is -2.21. The topological polar surface area (TPSA) is 91.7 Å². The molecule has 6 heterocycles. The normalized spacial score (nSPS) is 13.2. The van der Waals surface area contributed by atoms with Gasteiger partial charge < -0.3 is 14.5 Å². The van der Waals surface area contributed by atoms with Crippen LogP contribution in [-0.4, -0.2) is 28.5 Å². The monoisotopic (exact) mass is 495 g/mol. The van der Waals surface area contributed by atoms with Crippen LogP contribution in [0.5, 0.6) is 0 Å². The molecule has 1 aliphatic rings. The van der Waals surface area contributed by atoms with Gasteiger partial charge in [-0.3, -0.25) is 18.8 Å². The molecular formula is C28H29N7O2. The summed E-state index contributed by atoms with van der Waals surface area (Å²) in [6, 6.07) is 9.68. The molecule has 0 saturated carbocycles. The zero-order chi connectivity index (χ0) is 25.8. The standard InChI is InChI=1S/C28H29N7O2/c1-17-13-25(31-33(17)4)30-23-14-19(16-32(3)28(23)37)21-8-10-29-26(18(21)2)35-12-9-24-22(27(35)36)15-20-7-5-6-11-34(20)24/h8-10,12-16H,5-7,11H2,1-4H3,(H,30,31). The SMILES string of the molecule is Cc1c(-c2cc(Nc3cc(C)n(C)n3)c(=O)n(C)c2)ccnc1-n1ccc2c(cc3n2CCCC3)c1=O. The Kier molecular flexibility index (Phi) is 5.36. The van der Waals surface area contributed by atoms with Gasteiger partial charge in [-0.15, -0.1) is 0 Å². The summed E-state index contributed by atoms with van der Waals surface area (Å²) in [6.07, 6.45) is 8.63. The van der Waals surface area contributed by atoms with Crippen LogP contribution in [0.2, 0.25) is 0 Å². The van der Waals surface area contributed by atoms with E-state index in [2.05, 4.69) is 20.0 Å². The van der Waals surface area contributed by atoms with E-state index in [0.29, 0.717) is 17.3 Å². The van der Waals surface area contributed by atoms with E-state index in [1.54, 1.807) is 33.3 Å². The first-order chi connectivity index (χ1) is 17.8. The lowest BCUT2D eigenvalue weighted by atomic mass is 10.0. The van der Waals surface area contributed by atoms with E-state index in [1.165, 1.54) is 5.69 Å². The highest BCUT2D eigenvalue weighted by Gasteiger charge is 2.18. The predicted molar refractivity (Wildman–Crippen MR) is 145 cm³/mol. The van der Waals surface area contributed by atoms with Crippen molar-refractivity contribution in [3.63, 3.8) is 0 Å². The first-order valence-electron chi connectivity index (χ1n) is 12.5. The fourth-order valence-electron chi connectivity index (χ4n) is 5.31. The molecular weight excluding hydrogens is 466 g/mol. The zero-order valence-electron chi connectivity index (χ0n) is 21.4. The van der Waals surface area contributed by atoms with Crippen LogP contribution >= 0.6 is 0 Å². The van der Waals surface area contributed by atoms with Crippen LogP contribution in [0.4, 0.5) is 11.5 Å². The Morgan fingerprint density at radius 3 is 2.62 bits per heavy atom. The summed E-state index contributed by atoms with van der Waals surface area (Å²) in [7, 11) is 3.59. The van der Waals surface area contributed by atoms with Crippen molar-refractivity contribution in [1.82, 2.24) is 28.5 Å². The molecule has 0 fully saturated rings. The van der Waals surface area contributed by atoms with Gasteiger partial charge >= 0.3 is 0 Å². The van der Waals surface area contributed by atoms with Crippen LogP contribution < -0.4 is 16.4 Å². The van der Waals surface area contributed by atoms with Gasteiger partial charge in [-0.05, 0) is 62.9 Å². The van der Waals surface area contributed by atoms with Crippen LogP contribution in [0.25, 0.3) is 27.8 Å². The molecule has 9 heteroatoms. The molecule has 6 rings (SSSR count). The Bertz CT molecular complexity index is 1780. The Morgan fingerprint density at radius 1 is 1.00 bits per heavy atom. The van der Waals surface area contributed by atoms with Crippen LogP contribution in [0.3, 0.4) is 0 Å². The van der Waals surface area contributed by atoms with Crippen molar-refractivity contribution >= 4 is 22.4 Å². The molecule has 1 aliphatic heterocycles. The molecule has 37 heavy (non-hydrogen) atoms. The lowest BCUT2D eigenvalue weighted by molar-refractivity contribution is 0.545. The fraction of sp³-hybridized carbons (Fsp3) is 0.286. The molecule has 9 nitrogen and oxygen atoms in total. The second kappa shape index (κ2) is 8.62. The van der Waals surface area contributed by atoms with Crippen molar-refractivity contribution in [3.8, 4) is 16.9 Å². The van der Waals surface area contributed by atoms with E-state index in [-0.39, 0.29) is 11.1 Å². The number of rotatable bonds is 4. The summed E-state index contributed by atoms with van der Waals surface area (Å²) >= 11 is 0. The smallest absolute Gasteiger partial charge is 0.274 e. The third-order valence-electron chi connectivity index (χ3n) is 7.40. The number of hydrogen-bond acceptors (Lipinski definition) is 5. The number of aryl methyl sites for hydroxylation is 5. The molecule has 0 atom stereocenters. The van der Waals surface area contributed by atoms with E-state index >= 15 is 0 Å². The van der Waals surface area contributed by atoms with E-state index < -0.39 is 0 Å². The molecule has 0 unspecified atom stereocenters. The van der Waals surface area contributed by atoms with Gasteiger partial charge in [0.2, 0.25) is 0 Å². The molecule has 0 spiro atoms. The first-order valence-corrected chi connectivity index (χ1v) is 12.5. The van der Waals surface area contributed by atoms with Crippen molar-refractivity contribution in [2.75, 3.05) is 5.32 Å². The third-order valence-corrected chi connectivity index (χ3v) is 7.40. The molecule has 0 radical (unpaired) electrons. The van der Waals surface area contributed by atoms with E-state index in [4.69, 9.17) is 0 Å². The first kappa shape index (κ1) is 23.0. The fourth-order valence-corrected chi connectivity index (χ4v) is 5.31. The minimum absolute atomic E-state index is 0.0690. The van der Waals surface area contributed by atoms with Crippen molar-refractivity contribution in [3.05, 3.63) is 86.6 Å². The molecule has 5 aromatic rings. The number of anilines is 2. The second-order valence-corrected chi connectivity index (χ2v) is 9.82. The summed E-state index contributed by atoms with van der Waals surface area (Å²) in [5, 5.41) is 8.31. The lowest BCUT2D eigenvalue weighted by Gasteiger charge is -2.16. The minimum Gasteiger partial charge on any atom is -0.344 e. The number of pyridine rings is 3. The molecule has 0 saturated heterocycles. The van der Waals surface area contributed by atoms with Crippen molar-refractivity contribution in [2.45, 2.75) is 39.7 Å². The number of nitrogens with zero attached hydrogens (tertiary/aromatic N) is 6. The Labute approximate surface area is 213 Å². The van der Waals surface area contributed by atoms with Gasteiger partial charge in [0.15, 0.2) is 5.82 Å². The van der Waals surface area contributed by atoms with Crippen LogP contribution in [0, 0.1) is 13.8 Å². The van der Waals surface area contributed by atoms with Crippen molar-refractivity contribution in [1.29, 1.82) is 0 Å². The zero-order valence-corrected chi connectivity index (χ0v) is 21.4. The maximum absolute atomic E-state index is 13.6. The summed E-state index contributed by atoms with van der Waals surface area (Å²) in [5.74, 6) is 1.19. The Balaban J connectivity index is 1.45. The summed E-state index contributed by atoms with van der Waals surface area (Å²) in [4.78, 5) is 31.0. The summed E-state index contributed by atoms with van der Waals surface area (Å²) in [6.45, 7) is 4.87. The molecule has 188 valence electrons. The summed E-state index contributed by atoms with van der Waals surface area (Å²) < 4.78 is 7.21. The van der Waals surface area contributed by atoms with Crippen molar-refractivity contribution in [2.24, 2.45) is 14.1 Å². The minimum atomic E-state index is -0.154. The maximum Gasteiger partial charge on any atom is 0.274 e. The van der Waals surface area contributed by atoms with Crippen LogP contribution in [0.15, 0.2) is 58.5 Å². The highest BCUT2D eigenvalue weighted by atomic mass is 16.1. The van der Waals surface area contributed by atoms with Gasteiger partial charge in [-0.25, -0.2) is 4.98 Å². The Morgan fingerprint density at radius 2 is 1.84 bits per heavy atom. The molecule has 0 bridgehead atoms. The predicted octanol–water partition coefficient (Wildman–Crippen LogP) is 3.98. The Hall–Kier alpha value is -4.40. The van der Waals surface area contributed by atoms with Gasteiger partial charge in [0, 0.05) is 67.8 Å². The quantitative estimate of drug-likeness (QED) is 0.407. The third kappa shape index (κ3) is 3.78. The van der Waals surface area contributed by atoms with Crippen LogP contribution in [0.1, 0.15) is 29.8 Å². The summed E-state index contributed by atoms with van der Waals surface area (Å²) in [5.41, 5.74) is 5.98. The highest BCUT2D eigenvalue weighted by Crippen LogP contribution is 2.29. The number of fused-ring (bicyclic) bond motifs is 3. The van der Waals surface area contributed by atoms with Crippen LogP contribution in [-0.2, 0) is 27.1 Å². The van der Waals surface area contributed by atoms with Gasteiger partial charge in [0.1, 0.15) is 11.5 Å². The number of nitrogens with one attached hydrogen (secondary N) is 1. The molecule has 0 amide bonds. The van der Waals surface area contributed by atoms with Gasteiger partial charge in [-0.2, -0.15) is 5.10 Å². The molecule has 5 aromatic heterocycles. The van der Waals surface area contributed by atoms with Gasteiger partial charge in [0.05, 0.1) is 10.9 Å². The van der Waals surface area contributed by atoms with Gasteiger partial charge in [-0.1, -0.05) is 0 Å². The number of hydrogen-bond donors (Lipinski definition) is 1. The van der Waals surface area contributed by atoms with Crippen molar-refractivity contribution < 1.29 is 0 Å². The van der Waals surface area contributed by atoms with E-state index in [0.717, 1.165) is 59.1 Å². The average molecular weight is 496 g/mol.